The van der Waals surface area contributed by atoms with Crippen LogP contribution in [0.2, 0.25) is 0 Å². The molecule has 6 heteroatoms. The van der Waals surface area contributed by atoms with Gasteiger partial charge in [-0.15, -0.1) is 0 Å². The molecule has 1 unspecified atom stereocenters. The molecule has 1 atom stereocenters. The molecule has 3 N–H and O–H groups in total. The van der Waals surface area contributed by atoms with E-state index in [0.29, 0.717) is 0 Å². The highest BCUT2D eigenvalue weighted by Gasteiger charge is 2.12. The number of halogens is 1. The fraction of sp³-hybridized carbons (Fsp3) is 0.250. The quantitative estimate of drug-likeness (QED) is 0.830. The molecule has 2 rings (SSSR count). The van der Waals surface area contributed by atoms with Crippen LogP contribution in [0.5, 0.6) is 0 Å². The summed E-state index contributed by atoms with van der Waals surface area (Å²) in [6, 6.07) is 7.53. The average Bonchev–Trinajstić information content (AvgIpc) is 2.71. The standard InChI is InChI=1S/C12H13BrN2O3/c1-7(15-17-6-12(14)16)11-5-8-4-9(13)2-3-10(8)18-11/h2-5,7,15H,6H2,1H3,(H2,14,16). The van der Waals surface area contributed by atoms with E-state index in [9.17, 15) is 4.79 Å². The molecule has 96 valence electrons. The fourth-order valence-corrected chi connectivity index (χ4v) is 1.92. The van der Waals surface area contributed by atoms with Crippen molar-refractivity contribution in [3.63, 3.8) is 0 Å². The molecular formula is C12H13BrN2O3. The van der Waals surface area contributed by atoms with E-state index in [1.165, 1.54) is 0 Å². The number of furan rings is 1. The van der Waals surface area contributed by atoms with Crippen LogP contribution in [0.4, 0.5) is 0 Å². The van der Waals surface area contributed by atoms with Crippen molar-refractivity contribution in [2.45, 2.75) is 13.0 Å². The van der Waals surface area contributed by atoms with Crippen LogP contribution in [0.3, 0.4) is 0 Å². The molecule has 0 aliphatic carbocycles. The topological polar surface area (TPSA) is 77.5 Å². The fourth-order valence-electron chi connectivity index (χ4n) is 1.54. The lowest BCUT2D eigenvalue weighted by molar-refractivity contribution is -0.126. The van der Waals surface area contributed by atoms with Gasteiger partial charge in [-0.05, 0) is 31.2 Å². The first-order chi connectivity index (χ1) is 8.56. The maximum atomic E-state index is 10.5. The second-order valence-electron chi connectivity index (χ2n) is 3.93. The van der Waals surface area contributed by atoms with E-state index in [1.807, 2.05) is 31.2 Å². The summed E-state index contributed by atoms with van der Waals surface area (Å²) < 4.78 is 6.66. The largest absolute Gasteiger partial charge is 0.459 e. The number of fused-ring (bicyclic) bond motifs is 1. The molecule has 1 heterocycles. The number of hydrogen-bond donors (Lipinski definition) is 2. The van der Waals surface area contributed by atoms with Gasteiger partial charge in [0.1, 0.15) is 18.0 Å². The maximum Gasteiger partial charge on any atom is 0.245 e. The number of carbonyl (C=O) groups excluding carboxylic acids is 1. The minimum atomic E-state index is -0.525. The summed E-state index contributed by atoms with van der Waals surface area (Å²) in [4.78, 5) is 15.5. The number of primary amides is 1. The van der Waals surface area contributed by atoms with Gasteiger partial charge in [0.15, 0.2) is 0 Å². The molecule has 0 radical (unpaired) electrons. The minimum Gasteiger partial charge on any atom is -0.459 e. The Bertz CT molecular complexity index is 567. The molecule has 18 heavy (non-hydrogen) atoms. The molecule has 5 nitrogen and oxygen atoms in total. The smallest absolute Gasteiger partial charge is 0.245 e. The van der Waals surface area contributed by atoms with Gasteiger partial charge in [0.05, 0.1) is 6.04 Å². The summed E-state index contributed by atoms with van der Waals surface area (Å²) in [6.45, 7) is 1.70. The van der Waals surface area contributed by atoms with Gasteiger partial charge in [0.25, 0.3) is 0 Å². The Morgan fingerprint density at radius 1 is 1.56 bits per heavy atom. The Kier molecular flexibility index (Phi) is 4.00. The van der Waals surface area contributed by atoms with Gasteiger partial charge in [0, 0.05) is 9.86 Å². The number of hydrogen-bond acceptors (Lipinski definition) is 4. The van der Waals surface area contributed by atoms with Crippen LogP contribution in [0.15, 0.2) is 33.2 Å². The Labute approximate surface area is 112 Å². The third kappa shape index (κ3) is 3.10. The Morgan fingerprint density at radius 3 is 3.06 bits per heavy atom. The maximum absolute atomic E-state index is 10.5. The van der Waals surface area contributed by atoms with Gasteiger partial charge in [-0.1, -0.05) is 15.9 Å². The lowest BCUT2D eigenvalue weighted by Crippen LogP contribution is -2.26. The summed E-state index contributed by atoms with van der Waals surface area (Å²) >= 11 is 3.40. The zero-order valence-electron chi connectivity index (χ0n) is 9.77. The highest BCUT2D eigenvalue weighted by atomic mass is 79.9. The van der Waals surface area contributed by atoms with E-state index in [0.717, 1.165) is 21.2 Å². The van der Waals surface area contributed by atoms with Crippen LogP contribution < -0.4 is 11.2 Å². The Balaban J connectivity index is 2.08. The van der Waals surface area contributed by atoms with Crippen molar-refractivity contribution in [2.75, 3.05) is 6.61 Å². The molecule has 1 aromatic carbocycles. The van der Waals surface area contributed by atoms with Crippen molar-refractivity contribution < 1.29 is 14.0 Å². The van der Waals surface area contributed by atoms with Crippen molar-refractivity contribution in [3.8, 4) is 0 Å². The summed E-state index contributed by atoms with van der Waals surface area (Å²) in [5.41, 5.74) is 8.46. The first-order valence-electron chi connectivity index (χ1n) is 5.41. The number of amides is 1. The second-order valence-corrected chi connectivity index (χ2v) is 4.84. The number of rotatable bonds is 5. The summed E-state index contributed by atoms with van der Waals surface area (Å²) in [7, 11) is 0. The third-order valence-corrected chi connectivity index (χ3v) is 2.89. The van der Waals surface area contributed by atoms with Crippen LogP contribution >= 0.6 is 15.9 Å². The van der Waals surface area contributed by atoms with Crippen LogP contribution in [0, 0.1) is 0 Å². The van der Waals surface area contributed by atoms with Crippen molar-refractivity contribution in [2.24, 2.45) is 5.73 Å². The van der Waals surface area contributed by atoms with Gasteiger partial charge in [0.2, 0.25) is 5.91 Å². The summed E-state index contributed by atoms with van der Waals surface area (Å²) in [6.07, 6.45) is 0. The molecule has 0 saturated heterocycles. The molecule has 0 aliphatic rings. The lowest BCUT2D eigenvalue weighted by atomic mass is 10.2. The monoisotopic (exact) mass is 312 g/mol. The lowest BCUT2D eigenvalue weighted by Gasteiger charge is -2.09. The molecule has 0 bridgehead atoms. The van der Waals surface area contributed by atoms with Crippen LogP contribution in [0.25, 0.3) is 11.0 Å². The van der Waals surface area contributed by atoms with Gasteiger partial charge in [-0.3, -0.25) is 9.63 Å². The molecule has 2 aromatic rings. The molecule has 1 amide bonds. The van der Waals surface area contributed by atoms with E-state index in [4.69, 9.17) is 15.0 Å². The number of benzene rings is 1. The zero-order chi connectivity index (χ0) is 13.1. The Morgan fingerprint density at radius 2 is 2.33 bits per heavy atom. The van der Waals surface area contributed by atoms with Crippen molar-refractivity contribution >= 4 is 32.8 Å². The Hall–Kier alpha value is -1.37. The highest BCUT2D eigenvalue weighted by Crippen LogP contribution is 2.26. The first kappa shape index (κ1) is 13.1. The van der Waals surface area contributed by atoms with Crippen molar-refractivity contribution in [1.29, 1.82) is 0 Å². The number of carbonyl (C=O) groups is 1. The number of hydroxylamine groups is 1. The number of nitrogens with two attached hydrogens (primary N) is 1. The van der Waals surface area contributed by atoms with Gasteiger partial charge >= 0.3 is 0 Å². The summed E-state index contributed by atoms with van der Waals surface area (Å²) in [5, 5.41) is 1.00. The average molecular weight is 313 g/mol. The molecule has 1 aromatic heterocycles. The minimum absolute atomic E-state index is 0.171. The molecule has 0 saturated carbocycles. The SMILES string of the molecule is CC(NOCC(N)=O)c1cc2cc(Br)ccc2o1. The van der Waals surface area contributed by atoms with E-state index >= 15 is 0 Å². The van der Waals surface area contributed by atoms with E-state index in [-0.39, 0.29) is 12.6 Å². The zero-order valence-corrected chi connectivity index (χ0v) is 11.4. The molecule has 0 aliphatic heterocycles. The molecular weight excluding hydrogens is 300 g/mol. The van der Waals surface area contributed by atoms with Crippen LogP contribution in [-0.2, 0) is 9.63 Å². The molecule has 0 fully saturated rings. The van der Waals surface area contributed by atoms with Crippen molar-refractivity contribution in [3.05, 3.63) is 34.5 Å². The summed E-state index contributed by atoms with van der Waals surface area (Å²) in [5.74, 6) is 0.204. The van der Waals surface area contributed by atoms with E-state index in [1.54, 1.807) is 0 Å². The van der Waals surface area contributed by atoms with Gasteiger partial charge < -0.3 is 10.2 Å². The van der Waals surface area contributed by atoms with E-state index in [2.05, 4.69) is 21.4 Å². The van der Waals surface area contributed by atoms with E-state index < -0.39 is 5.91 Å². The van der Waals surface area contributed by atoms with Crippen LogP contribution in [-0.4, -0.2) is 12.5 Å². The predicted molar refractivity (Wildman–Crippen MR) is 70.6 cm³/mol. The first-order valence-corrected chi connectivity index (χ1v) is 6.20. The second kappa shape index (κ2) is 5.51. The highest BCUT2D eigenvalue weighted by molar-refractivity contribution is 9.10. The predicted octanol–water partition coefficient (Wildman–Crippen LogP) is 2.26. The number of nitrogens with one attached hydrogen (secondary N) is 1. The van der Waals surface area contributed by atoms with Gasteiger partial charge in [-0.2, -0.15) is 5.48 Å². The molecule has 0 spiro atoms. The van der Waals surface area contributed by atoms with Gasteiger partial charge in [-0.25, -0.2) is 0 Å². The van der Waals surface area contributed by atoms with Crippen LogP contribution in [0.1, 0.15) is 18.7 Å². The van der Waals surface area contributed by atoms with Crippen molar-refractivity contribution in [1.82, 2.24) is 5.48 Å². The normalized spacial score (nSPS) is 12.8. The third-order valence-electron chi connectivity index (χ3n) is 2.40.